The van der Waals surface area contributed by atoms with Gasteiger partial charge in [0.15, 0.2) is 5.13 Å². The standard InChI is InChI=1S/C25H30N4O3S/c1-17(8-13-22(30)32-25(2,3)4)29(5)23(31)19-11-9-18(10-12-19)21-16-33-24(28-21)27-20-7-6-14-26-15-20/h6-7,9-12,14-17H,8,13H2,1-5H3,(H,27,28). The lowest BCUT2D eigenvalue weighted by Crippen LogP contribution is -2.35. The van der Waals surface area contributed by atoms with E-state index in [0.717, 1.165) is 22.1 Å². The Morgan fingerprint density at radius 2 is 1.91 bits per heavy atom. The molecule has 3 aromatic rings. The van der Waals surface area contributed by atoms with Gasteiger partial charge in [-0.2, -0.15) is 0 Å². The number of nitrogens with zero attached hydrogens (tertiary/aromatic N) is 3. The number of carbonyl (C=O) groups excluding carboxylic acids is 2. The van der Waals surface area contributed by atoms with Crippen LogP contribution in [0.3, 0.4) is 0 Å². The number of thiazole rings is 1. The molecule has 1 amide bonds. The predicted octanol–water partition coefficient (Wildman–Crippen LogP) is 5.53. The highest BCUT2D eigenvalue weighted by Gasteiger charge is 2.21. The molecular formula is C25H30N4O3S. The maximum atomic E-state index is 12.9. The molecule has 0 saturated heterocycles. The van der Waals surface area contributed by atoms with E-state index in [1.54, 1.807) is 24.3 Å². The molecule has 3 rings (SSSR count). The van der Waals surface area contributed by atoms with Crippen molar-refractivity contribution >= 4 is 34.0 Å². The molecule has 1 aromatic carbocycles. The molecule has 2 aromatic heterocycles. The van der Waals surface area contributed by atoms with Crippen molar-refractivity contribution in [2.45, 2.75) is 52.2 Å². The molecule has 0 radical (unpaired) electrons. The van der Waals surface area contributed by atoms with Gasteiger partial charge in [-0.1, -0.05) is 12.1 Å². The summed E-state index contributed by atoms with van der Waals surface area (Å²) >= 11 is 1.51. The minimum atomic E-state index is -0.503. The zero-order valence-corrected chi connectivity index (χ0v) is 20.5. The third kappa shape index (κ3) is 7.12. The van der Waals surface area contributed by atoms with Gasteiger partial charge < -0.3 is 15.0 Å². The molecule has 0 spiro atoms. The number of amides is 1. The molecule has 174 valence electrons. The monoisotopic (exact) mass is 466 g/mol. The molecule has 0 aliphatic heterocycles. The van der Waals surface area contributed by atoms with E-state index in [0.29, 0.717) is 12.0 Å². The first-order valence-corrected chi connectivity index (χ1v) is 11.7. The maximum Gasteiger partial charge on any atom is 0.306 e. The van der Waals surface area contributed by atoms with Crippen LogP contribution in [0.25, 0.3) is 11.3 Å². The van der Waals surface area contributed by atoms with Crippen molar-refractivity contribution in [3.8, 4) is 11.3 Å². The summed E-state index contributed by atoms with van der Waals surface area (Å²) in [6, 6.07) is 11.1. The lowest BCUT2D eigenvalue weighted by molar-refractivity contribution is -0.155. The van der Waals surface area contributed by atoms with Gasteiger partial charge in [0, 0.05) is 42.2 Å². The SMILES string of the molecule is CC(CCC(=O)OC(C)(C)C)N(C)C(=O)c1ccc(-c2csc(Nc3cccnc3)n2)cc1. The van der Waals surface area contributed by atoms with Crippen molar-refractivity contribution in [1.29, 1.82) is 0 Å². The second-order valence-corrected chi connectivity index (χ2v) is 9.73. The minimum absolute atomic E-state index is 0.0875. The molecule has 0 fully saturated rings. The van der Waals surface area contributed by atoms with Crippen LogP contribution in [-0.4, -0.2) is 45.4 Å². The van der Waals surface area contributed by atoms with Crippen LogP contribution in [0.1, 0.15) is 50.9 Å². The summed E-state index contributed by atoms with van der Waals surface area (Å²) in [5.41, 5.74) is 2.74. The Hall–Kier alpha value is -3.26. The molecule has 1 N–H and O–H groups in total. The topological polar surface area (TPSA) is 84.4 Å². The van der Waals surface area contributed by atoms with Crippen molar-refractivity contribution < 1.29 is 14.3 Å². The summed E-state index contributed by atoms with van der Waals surface area (Å²) in [6.45, 7) is 7.47. The van der Waals surface area contributed by atoms with Crippen LogP contribution in [0.15, 0.2) is 54.2 Å². The summed E-state index contributed by atoms with van der Waals surface area (Å²) in [5.74, 6) is -0.337. The number of hydrogen-bond acceptors (Lipinski definition) is 7. The van der Waals surface area contributed by atoms with Crippen LogP contribution in [0.4, 0.5) is 10.8 Å². The van der Waals surface area contributed by atoms with E-state index < -0.39 is 5.60 Å². The number of ether oxygens (including phenoxy) is 1. The summed E-state index contributed by atoms with van der Waals surface area (Å²) in [4.78, 5) is 35.2. The smallest absolute Gasteiger partial charge is 0.306 e. The Labute approximate surface area is 198 Å². The Morgan fingerprint density at radius 3 is 2.55 bits per heavy atom. The first-order valence-electron chi connectivity index (χ1n) is 10.8. The van der Waals surface area contributed by atoms with Crippen molar-refractivity contribution in [3.63, 3.8) is 0 Å². The van der Waals surface area contributed by atoms with Crippen LogP contribution in [0, 0.1) is 0 Å². The van der Waals surface area contributed by atoms with Crippen LogP contribution < -0.4 is 5.32 Å². The Balaban J connectivity index is 1.58. The zero-order chi connectivity index (χ0) is 24.0. The zero-order valence-electron chi connectivity index (χ0n) is 19.7. The van der Waals surface area contributed by atoms with Gasteiger partial charge >= 0.3 is 5.97 Å². The summed E-state index contributed by atoms with van der Waals surface area (Å²) in [7, 11) is 1.76. The highest BCUT2D eigenvalue weighted by atomic mass is 32.1. The highest BCUT2D eigenvalue weighted by Crippen LogP contribution is 2.27. The molecule has 33 heavy (non-hydrogen) atoms. The van der Waals surface area contributed by atoms with Gasteiger partial charge in [0.25, 0.3) is 5.91 Å². The quantitative estimate of drug-likeness (QED) is 0.439. The Kier molecular flexibility index (Phi) is 7.81. The number of anilines is 2. The third-order valence-electron chi connectivity index (χ3n) is 5.01. The number of pyridine rings is 1. The van der Waals surface area contributed by atoms with Gasteiger partial charge in [-0.15, -0.1) is 11.3 Å². The normalized spacial score (nSPS) is 12.2. The lowest BCUT2D eigenvalue weighted by atomic mass is 10.1. The number of nitrogens with one attached hydrogen (secondary N) is 1. The summed E-state index contributed by atoms with van der Waals surface area (Å²) in [6.07, 6.45) is 4.28. The number of aromatic nitrogens is 2. The number of hydrogen-bond donors (Lipinski definition) is 1. The molecule has 8 heteroatoms. The number of esters is 1. The van der Waals surface area contributed by atoms with E-state index in [-0.39, 0.29) is 24.3 Å². The summed E-state index contributed by atoms with van der Waals surface area (Å²) in [5, 5.41) is 5.98. The van der Waals surface area contributed by atoms with Crippen molar-refractivity contribution in [2.24, 2.45) is 0 Å². The van der Waals surface area contributed by atoms with E-state index in [4.69, 9.17) is 4.74 Å². The first-order chi connectivity index (χ1) is 15.6. The molecule has 7 nitrogen and oxygen atoms in total. The van der Waals surface area contributed by atoms with Gasteiger partial charge in [-0.05, 0) is 58.4 Å². The molecule has 0 aliphatic carbocycles. The Bertz CT molecular complexity index is 1080. The maximum absolute atomic E-state index is 12.9. The molecule has 1 atom stereocenters. The van der Waals surface area contributed by atoms with Crippen molar-refractivity contribution in [3.05, 3.63) is 59.7 Å². The van der Waals surface area contributed by atoms with Crippen LogP contribution in [0.5, 0.6) is 0 Å². The molecule has 1 unspecified atom stereocenters. The average Bonchev–Trinajstić information content (AvgIpc) is 3.24. The Morgan fingerprint density at radius 1 is 1.18 bits per heavy atom. The fourth-order valence-electron chi connectivity index (χ4n) is 3.12. The largest absolute Gasteiger partial charge is 0.460 e. The van der Waals surface area contributed by atoms with E-state index in [9.17, 15) is 9.59 Å². The van der Waals surface area contributed by atoms with Gasteiger partial charge in [0.2, 0.25) is 0 Å². The van der Waals surface area contributed by atoms with Gasteiger partial charge in [-0.3, -0.25) is 14.6 Å². The van der Waals surface area contributed by atoms with Gasteiger partial charge in [0.05, 0.1) is 17.6 Å². The van der Waals surface area contributed by atoms with Gasteiger partial charge in [-0.25, -0.2) is 4.98 Å². The fraction of sp³-hybridized carbons (Fsp3) is 0.360. The van der Waals surface area contributed by atoms with Crippen LogP contribution in [-0.2, 0) is 9.53 Å². The average molecular weight is 467 g/mol. The second-order valence-electron chi connectivity index (χ2n) is 8.87. The predicted molar refractivity (Wildman–Crippen MR) is 132 cm³/mol. The van der Waals surface area contributed by atoms with E-state index in [2.05, 4.69) is 15.3 Å². The van der Waals surface area contributed by atoms with Crippen LogP contribution in [0.2, 0.25) is 0 Å². The van der Waals surface area contributed by atoms with E-state index in [1.807, 2.05) is 69.5 Å². The molecule has 0 aliphatic rings. The highest BCUT2D eigenvalue weighted by molar-refractivity contribution is 7.14. The number of carbonyl (C=O) groups is 2. The van der Waals surface area contributed by atoms with Crippen molar-refractivity contribution in [2.75, 3.05) is 12.4 Å². The van der Waals surface area contributed by atoms with E-state index >= 15 is 0 Å². The van der Waals surface area contributed by atoms with E-state index in [1.165, 1.54) is 11.3 Å². The second kappa shape index (κ2) is 10.6. The fourth-order valence-corrected chi connectivity index (χ4v) is 3.86. The number of rotatable bonds is 8. The summed E-state index contributed by atoms with van der Waals surface area (Å²) < 4.78 is 5.35. The number of benzene rings is 1. The molecule has 0 bridgehead atoms. The molecule has 0 saturated carbocycles. The molecule has 2 heterocycles. The van der Waals surface area contributed by atoms with Crippen molar-refractivity contribution in [1.82, 2.24) is 14.9 Å². The molecular weight excluding hydrogens is 436 g/mol. The lowest BCUT2D eigenvalue weighted by Gasteiger charge is -2.26. The first kappa shape index (κ1) is 24.4. The minimum Gasteiger partial charge on any atom is -0.460 e. The van der Waals surface area contributed by atoms with Crippen LogP contribution >= 0.6 is 11.3 Å². The van der Waals surface area contributed by atoms with Gasteiger partial charge in [0.1, 0.15) is 5.60 Å². The third-order valence-corrected chi connectivity index (χ3v) is 5.77.